The molecule has 144 valence electrons. The minimum Gasteiger partial charge on any atom is -0.496 e. The fraction of sp³-hybridized carbons (Fsp3) is 0.0952. The van der Waals surface area contributed by atoms with Crippen LogP contribution in [0.1, 0.15) is 5.56 Å². The van der Waals surface area contributed by atoms with E-state index in [0.29, 0.717) is 22.8 Å². The van der Waals surface area contributed by atoms with Crippen LogP contribution in [0.25, 0.3) is 27.8 Å². The molecule has 0 aliphatic heterocycles. The Hall–Kier alpha value is -3.91. The Morgan fingerprint density at radius 1 is 1.21 bits per heavy atom. The Kier molecular flexibility index (Phi) is 4.10. The molecule has 0 atom stereocenters. The van der Waals surface area contributed by atoms with E-state index in [1.165, 1.54) is 0 Å². The van der Waals surface area contributed by atoms with Crippen LogP contribution in [0.5, 0.6) is 5.75 Å². The zero-order valence-corrected chi connectivity index (χ0v) is 15.6. The van der Waals surface area contributed by atoms with E-state index in [0.717, 1.165) is 27.8 Å². The van der Waals surface area contributed by atoms with Crippen molar-refractivity contribution in [2.75, 3.05) is 12.4 Å². The van der Waals surface area contributed by atoms with E-state index in [1.54, 1.807) is 19.5 Å². The van der Waals surface area contributed by atoms with Crippen LogP contribution in [0.3, 0.4) is 0 Å². The van der Waals surface area contributed by atoms with Gasteiger partial charge < -0.3 is 19.6 Å². The fourth-order valence-corrected chi connectivity index (χ4v) is 3.37. The number of nitrogens with zero attached hydrogens (tertiary/aromatic N) is 4. The van der Waals surface area contributed by atoms with Gasteiger partial charge in [-0.3, -0.25) is 5.10 Å². The van der Waals surface area contributed by atoms with E-state index in [-0.39, 0.29) is 6.61 Å². The molecule has 0 amide bonds. The summed E-state index contributed by atoms with van der Waals surface area (Å²) in [7, 11) is 1.58. The van der Waals surface area contributed by atoms with Crippen molar-refractivity contribution in [2.24, 2.45) is 0 Å². The number of methoxy groups -OCH3 is 1. The summed E-state index contributed by atoms with van der Waals surface area (Å²) in [5, 5.41) is 21.0. The molecular formula is C21H18N6O2. The summed E-state index contributed by atoms with van der Waals surface area (Å²) in [4.78, 5) is 9.22. The number of hydrogen-bond acceptors (Lipinski definition) is 6. The van der Waals surface area contributed by atoms with Crippen molar-refractivity contribution < 1.29 is 9.84 Å². The number of rotatable bonds is 5. The molecule has 29 heavy (non-hydrogen) atoms. The zero-order chi connectivity index (χ0) is 19.8. The molecular weight excluding hydrogens is 368 g/mol. The van der Waals surface area contributed by atoms with Crippen LogP contribution >= 0.6 is 0 Å². The number of imidazole rings is 1. The molecule has 0 unspecified atom stereocenters. The van der Waals surface area contributed by atoms with E-state index >= 15 is 0 Å². The number of aliphatic hydroxyl groups is 1. The van der Waals surface area contributed by atoms with Gasteiger partial charge in [-0.05, 0) is 24.3 Å². The summed E-state index contributed by atoms with van der Waals surface area (Å²) in [6.07, 6.45) is 7.35. The lowest BCUT2D eigenvalue weighted by molar-refractivity contribution is 0.274. The fourth-order valence-electron chi connectivity index (χ4n) is 3.37. The van der Waals surface area contributed by atoms with E-state index in [4.69, 9.17) is 9.72 Å². The SMILES string of the molecule is COc1ccc(Nc2nc(-c3ccc4cn[nH]c4c3)cn3ccnc23)cc1CO. The Morgan fingerprint density at radius 2 is 2.14 bits per heavy atom. The molecule has 5 rings (SSSR count). The second-order valence-electron chi connectivity index (χ2n) is 6.61. The number of fused-ring (bicyclic) bond motifs is 2. The number of benzene rings is 2. The maximum atomic E-state index is 9.59. The molecule has 8 nitrogen and oxygen atoms in total. The third-order valence-corrected chi connectivity index (χ3v) is 4.83. The predicted molar refractivity (Wildman–Crippen MR) is 110 cm³/mol. The zero-order valence-electron chi connectivity index (χ0n) is 15.6. The molecule has 8 heteroatoms. The molecule has 0 saturated heterocycles. The van der Waals surface area contributed by atoms with Crippen LogP contribution in [0.15, 0.2) is 61.2 Å². The third kappa shape index (κ3) is 3.05. The first-order valence-corrected chi connectivity index (χ1v) is 9.07. The van der Waals surface area contributed by atoms with Gasteiger partial charge in [-0.25, -0.2) is 9.97 Å². The molecule has 0 radical (unpaired) electrons. The molecule has 0 spiro atoms. The lowest BCUT2D eigenvalue weighted by Crippen LogP contribution is -2.01. The van der Waals surface area contributed by atoms with Gasteiger partial charge in [0.2, 0.25) is 0 Å². The van der Waals surface area contributed by atoms with Gasteiger partial charge in [0, 0.05) is 40.8 Å². The van der Waals surface area contributed by atoms with Crippen molar-refractivity contribution in [3.63, 3.8) is 0 Å². The minimum atomic E-state index is -0.116. The highest BCUT2D eigenvalue weighted by atomic mass is 16.5. The highest BCUT2D eigenvalue weighted by Crippen LogP contribution is 2.28. The minimum absolute atomic E-state index is 0.116. The summed E-state index contributed by atoms with van der Waals surface area (Å²) < 4.78 is 7.21. The van der Waals surface area contributed by atoms with Gasteiger partial charge in [0.05, 0.1) is 31.1 Å². The molecule has 0 bridgehead atoms. The largest absolute Gasteiger partial charge is 0.496 e. The summed E-state index contributed by atoms with van der Waals surface area (Å²) in [5.74, 6) is 1.25. The van der Waals surface area contributed by atoms with Gasteiger partial charge >= 0.3 is 0 Å². The molecule has 0 fully saturated rings. The van der Waals surface area contributed by atoms with Crippen LogP contribution in [-0.4, -0.2) is 36.8 Å². The van der Waals surface area contributed by atoms with Gasteiger partial charge in [-0.15, -0.1) is 0 Å². The van der Waals surface area contributed by atoms with Gasteiger partial charge in [0.25, 0.3) is 0 Å². The summed E-state index contributed by atoms with van der Waals surface area (Å²) in [6.45, 7) is -0.116. The average molecular weight is 386 g/mol. The van der Waals surface area contributed by atoms with Crippen molar-refractivity contribution in [1.29, 1.82) is 0 Å². The second kappa shape index (κ2) is 6.92. The first-order chi connectivity index (χ1) is 14.2. The van der Waals surface area contributed by atoms with Gasteiger partial charge in [0.1, 0.15) is 5.75 Å². The standard InChI is InChI=1S/C21H18N6O2/c1-29-19-5-4-16(8-15(19)12-28)24-20-21-22-6-7-27(21)11-18(25-20)13-2-3-14-10-23-26-17(14)9-13/h2-11,28H,12H2,1H3,(H,23,26)(H,24,25). The van der Waals surface area contributed by atoms with Gasteiger partial charge in [0.15, 0.2) is 11.5 Å². The summed E-state index contributed by atoms with van der Waals surface area (Å²) >= 11 is 0. The Labute approximate surface area is 165 Å². The van der Waals surface area contributed by atoms with E-state index in [2.05, 4.69) is 20.5 Å². The van der Waals surface area contributed by atoms with Crippen LogP contribution < -0.4 is 10.1 Å². The van der Waals surface area contributed by atoms with Crippen LogP contribution in [0, 0.1) is 0 Å². The Morgan fingerprint density at radius 3 is 3.00 bits per heavy atom. The van der Waals surface area contributed by atoms with E-state index in [9.17, 15) is 5.11 Å². The average Bonchev–Trinajstić information content (AvgIpc) is 3.42. The number of H-pyrrole nitrogens is 1. The van der Waals surface area contributed by atoms with Crippen LogP contribution in [0.2, 0.25) is 0 Å². The van der Waals surface area contributed by atoms with E-state index < -0.39 is 0 Å². The first-order valence-electron chi connectivity index (χ1n) is 9.07. The normalized spacial score (nSPS) is 11.2. The molecule has 3 N–H and O–H groups in total. The van der Waals surface area contributed by atoms with Crippen molar-refractivity contribution in [3.05, 3.63) is 66.7 Å². The smallest absolute Gasteiger partial charge is 0.180 e. The number of hydrogen-bond donors (Lipinski definition) is 3. The maximum absolute atomic E-state index is 9.59. The van der Waals surface area contributed by atoms with Crippen molar-refractivity contribution in [3.8, 4) is 17.0 Å². The number of ether oxygens (including phenoxy) is 1. The second-order valence-corrected chi connectivity index (χ2v) is 6.61. The van der Waals surface area contributed by atoms with Crippen LogP contribution in [0.4, 0.5) is 11.5 Å². The molecule has 0 aliphatic rings. The Bertz CT molecular complexity index is 1320. The topological polar surface area (TPSA) is 100 Å². The Balaban J connectivity index is 1.59. The molecule has 5 aromatic rings. The monoisotopic (exact) mass is 386 g/mol. The highest BCUT2D eigenvalue weighted by Gasteiger charge is 2.12. The number of aromatic nitrogens is 5. The maximum Gasteiger partial charge on any atom is 0.180 e. The number of aliphatic hydroxyl groups excluding tert-OH is 1. The quantitative estimate of drug-likeness (QED) is 0.427. The highest BCUT2D eigenvalue weighted by molar-refractivity contribution is 5.84. The van der Waals surface area contributed by atoms with Crippen molar-refractivity contribution >= 4 is 28.1 Å². The lowest BCUT2D eigenvalue weighted by atomic mass is 10.1. The van der Waals surface area contributed by atoms with Crippen molar-refractivity contribution in [2.45, 2.75) is 6.61 Å². The van der Waals surface area contributed by atoms with Gasteiger partial charge in [-0.2, -0.15) is 5.10 Å². The molecule has 2 aromatic carbocycles. The van der Waals surface area contributed by atoms with E-state index in [1.807, 2.05) is 53.2 Å². The van der Waals surface area contributed by atoms with Crippen molar-refractivity contribution in [1.82, 2.24) is 24.6 Å². The number of anilines is 2. The third-order valence-electron chi connectivity index (χ3n) is 4.83. The number of aromatic amines is 1. The predicted octanol–water partition coefficient (Wildman–Crippen LogP) is 3.52. The summed E-state index contributed by atoms with van der Waals surface area (Å²) in [6, 6.07) is 11.6. The first kappa shape index (κ1) is 17.2. The summed E-state index contributed by atoms with van der Waals surface area (Å²) in [5.41, 5.74) is 4.90. The van der Waals surface area contributed by atoms with Crippen LogP contribution in [-0.2, 0) is 6.61 Å². The molecule has 0 saturated carbocycles. The number of nitrogens with one attached hydrogen (secondary N) is 2. The van der Waals surface area contributed by atoms with Gasteiger partial charge in [-0.1, -0.05) is 12.1 Å². The molecule has 3 aromatic heterocycles. The molecule has 3 heterocycles. The molecule has 0 aliphatic carbocycles. The lowest BCUT2D eigenvalue weighted by Gasteiger charge is -2.12.